The summed E-state index contributed by atoms with van der Waals surface area (Å²) in [6.45, 7) is 4.01. The molecule has 5 heteroatoms. The van der Waals surface area contributed by atoms with Gasteiger partial charge in [0.1, 0.15) is 18.4 Å². The maximum Gasteiger partial charge on any atom is 0.250 e. The number of hydrogen-bond donors (Lipinski definition) is 0. The molecule has 0 N–H and O–H groups in total. The quantitative estimate of drug-likeness (QED) is 0.784. The van der Waals surface area contributed by atoms with Gasteiger partial charge < -0.3 is 9.80 Å². The van der Waals surface area contributed by atoms with Crippen LogP contribution in [0.1, 0.15) is 64.0 Å². The van der Waals surface area contributed by atoms with Gasteiger partial charge >= 0.3 is 0 Å². The normalized spacial score (nSPS) is 23.3. The third-order valence-corrected chi connectivity index (χ3v) is 5.40. The predicted molar refractivity (Wildman–Crippen MR) is 94.3 cm³/mol. The monoisotopic (exact) mass is 346 g/mol. The number of halogens is 1. The van der Waals surface area contributed by atoms with E-state index in [1.807, 2.05) is 13.8 Å². The number of piperazine rings is 1. The van der Waals surface area contributed by atoms with Gasteiger partial charge in [-0.3, -0.25) is 9.59 Å². The second-order valence-electron chi connectivity index (χ2n) is 7.46. The Morgan fingerprint density at radius 2 is 1.60 bits per heavy atom. The zero-order valence-corrected chi connectivity index (χ0v) is 15.1. The van der Waals surface area contributed by atoms with Crippen molar-refractivity contribution >= 4 is 11.8 Å². The fraction of sp³-hybridized carbons (Fsp3) is 0.600. The minimum Gasteiger partial charge on any atom is -0.328 e. The molecule has 3 rings (SSSR count). The maximum atomic E-state index is 13.3. The summed E-state index contributed by atoms with van der Waals surface area (Å²) in [5.41, 5.74) is 0.687. The lowest BCUT2D eigenvalue weighted by atomic mass is 9.96. The molecule has 0 bridgehead atoms. The second kappa shape index (κ2) is 7.54. The van der Waals surface area contributed by atoms with E-state index in [-0.39, 0.29) is 36.3 Å². The van der Waals surface area contributed by atoms with Gasteiger partial charge in [-0.25, -0.2) is 4.39 Å². The van der Waals surface area contributed by atoms with Crippen LogP contribution in [0.3, 0.4) is 0 Å². The van der Waals surface area contributed by atoms with E-state index in [1.165, 1.54) is 25.0 Å². The molecule has 1 aromatic carbocycles. The molecule has 1 unspecified atom stereocenters. The smallest absolute Gasteiger partial charge is 0.250 e. The Morgan fingerprint density at radius 3 is 2.16 bits per heavy atom. The summed E-state index contributed by atoms with van der Waals surface area (Å²) < 4.78 is 13.3. The van der Waals surface area contributed by atoms with Crippen LogP contribution < -0.4 is 0 Å². The molecule has 2 fully saturated rings. The number of nitrogens with zero attached hydrogens (tertiary/aromatic N) is 2. The summed E-state index contributed by atoms with van der Waals surface area (Å²) in [5, 5.41) is 0. The molecule has 1 saturated heterocycles. The Labute approximate surface area is 149 Å². The molecule has 0 aromatic heterocycles. The number of amides is 2. The van der Waals surface area contributed by atoms with Gasteiger partial charge in [0.2, 0.25) is 5.91 Å². The van der Waals surface area contributed by atoms with Gasteiger partial charge in [-0.15, -0.1) is 0 Å². The van der Waals surface area contributed by atoms with Crippen LogP contribution in [-0.2, 0) is 9.59 Å². The van der Waals surface area contributed by atoms with Crippen molar-refractivity contribution in [3.05, 3.63) is 35.6 Å². The average Bonchev–Trinajstić information content (AvgIpc) is 2.86. The van der Waals surface area contributed by atoms with Crippen molar-refractivity contribution < 1.29 is 14.0 Å². The number of carbonyl (C=O) groups is 2. The molecule has 1 aliphatic heterocycles. The molecule has 0 radical (unpaired) electrons. The third-order valence-electron chi connectivity index (χ3n) is 5.40. The number of carbonyl (C=O) groups excluding carboxylic acids is 2. The molecular formula is C20H27FN2O2. The highest BCUT2D eigenvalue weighted by molar-refractivity contribution is 5.96. The van der Waals surface area contributed by atoms with Crippen molar-refractivity contribution in [2.45, 2.75) is 70.5 Å². The highest BCUT2D eigenvalue weighted by Crippen LogP contribution is 2.33. The first-order valence-corrected chi connectivity index (χ1v) is 9.36. The Bertz CT molecular complexity index is 621. The highest BCUT2D eigenvalue weighted by Gasteiger charge is 2.43. The van der Waals surface area contributed by atoms with E-state index in [1.54, 1.807) is 21.9 Å². The van der Waals surface area contributed by atoms with Gasteiger partial charge in [-0.2, -0.15) is 0 Å². The fourth-order valence-corrected chi connectivity index (χ4v) is 4.14. The minimum absolute atomic E-state index is 0.0202. The molecule has 1 atom stereocenters. The molecule has 136 valence electrons. The summed E-state index contributed by atoms with van der Waals surface area (Å²) in [7, 11) is 0. The topological polar surface area (TPSA) is 40.6 Å². The molecule has 2 aliphatic rings. The Balaban J connectivity index is 1.93. The van der Waals surface area contributed by atoms with Gasteiger partial charge in [0.05, 0.1) is 0 Å². The average molecular weight is 346 g/mol. The Morgan fingerprint density at radius 1 is 1.00 bits per heavy atom. The molecule has 1 aliphatic carbocycles. The lowest BCUT2D eigenvalue weighted by Gasteiger charge is -2.45. The lowest BCUT2D eigenvalue weighted by molar-refractivity contribution is -0.160. The van der Waals surface area contributed by atoms with Crippen LogP contribution in [0.4, 0.5) is 4.39 Å². The van der Waals surface area contributed by atoms with Gasteiger partial charge in [-0.1, -0.05) is 37.8 Å². The van der Waals surface area contributed by atoms with E-state index in [0.29, 0.717) is 5.56 Å². The fourth-order valence-electron chi connectivity index (χ4n) is 4.14. The van der Waals surface area contributed by atoms with Gasteiger partial charge in [0.25, 0.3) is 5.91 Å². The molecule has 0 spiro atoms. The SMILES string of the molecule is CC(C)N1C(=O)CN(C2CCCCCC2)C(=O)C1c1ccc(F)cc1. The van der Waals surface area contributed by atoms with Crippen LogP contribution in [0.5, 0.6) is 0 Å². The van der Waals surface area contributed by atoms with Gasteiger partial charge in [0, 0.05) is 12.1 Å². The predicted octanol–water partition coefficient (Wildman–Crippen LogP) is 3.67. The Hall–Kier alpha value is -1.91. The van der Waals surface area contributed by atoms with Crippen LogP contribution in [0.15, 0.2) is 24.3 Å². The van der Waals surface area contributed by atoms with Gasteiger partial charge in [-0.05, 0) is 44.4 Å². The van der Waals surface area contributed by atoms with Crippen molar-refractivity contribution in [2.24, 2.45) is 0 Å². The van der Waals surface area contributed by atoms with E-state index < -0.39 is 6.04 Å². The second-order valence-corrected chi connectivity index (χ2v) is 7.46. The standard InChI is InChI=1S/C20H27FN2O2/c1-14(2)23-18(24)13-22(17-7-5-3-4-6-8-17)20(25)19(23)15-9-11-16(21)12-10-15/h9-12,14,17,19H,3-8,13H2,1-2H3. The number of hydrogen-bond acceptors (Lipinski definition) is 2. The summed E-state index contributed by atoms with van der Waals surface area (Å²) >= 11 is 0. The van der Waals surface area contributed by atoms with E-state index in [0.717, 1.165) is 25.7 Å². The van der Waals surface area contributed by atoms with Crippen molar-refractivity contribution in [3.63, 3.8) is 0 Å². The lowest BCUT2D eigenvalue weighted by Crippen LogP contribution is -2.59. The molecular weight excluding hydrogens is 319 g/mol. The maximum absolute atomic E-state index is 13.3. The first-order chi connectivity index (χ1) is 12.0. The first kappa shape index (κ1) is 17.9. The molecule has 1 saturated carbocycles. The largest absolute Gasteiger partial charge is 0.328 e. The molecule has 25 heavy (non-hydrogen) atoms. The van der Waals surface area contributed by atoms with Crippen molar-refractivity contribution in [1.82, 2.24) is 9.80 Å². The molecule has 4 nitrogen and oxygen atoms in total. The van der Waals surface area contributed by atoms with Gasteiger partial charge in [0.15, 0.2) is 0 Å². The van der Waals surface area contributed by atoms with Crippen LogP contribution >= 0.6 is 0 Å². The molecule has 2 amide bonds. The Kier molecular flexibility index (Phi) is 5.40. The summed E-state index contributed by atoms with van der Waals surface area (Å²) in [6.07, 6.45) is 6.56. The number of benzene rings is 1. The zero-order chi connectivity index (χ0) is 18.0. The van der Waals surface area contributed by atoms with Crippen LogP contribution in [0, 0.1) is 5.82 Å². The molecule has 1 aromatic rings. The van der Waals surface area contributed by atoms with E-state index in [4.69, 9.17) is 0 Å². The first-order valence-electron chi connectivity index (χ1n) is 9.36. The van der Waals surface area contributed by atoms with Crippen molar-refractivity contribution in [3.8, 4) is 0 Å². The van der Waals surface area contributed by atoms with Crippen molar-refractivity contribution in [1.29, 1.82) is 0 Å². The van der Waals surface area contributed by atoms with E-state index in [9.17, 15) is 14.0 Å². The third kappa shape index (κ3) is 3.70. The number of rotatable bonds is 3. The zero-order valence-electron chi connectivity index (χ0n) is 15.1. The molecule has 1 heterocycles. The van der Waals surface area contributed by atoms with Crippen molar-refractivity contribution in [2.75, 3.05) is 6.54 Å². The van der Waals surface area contributed by atoms with Crippen LogP contribution in [0.2, 0.25) is 0 Å². The highest BCUT2D eigenvalue weighted by atomic mass is 19.1. The summed E-state index contributed by atoms with van der Waals surface area (Å²) in [6, 6.07) is 5.38. The van der Waals surface area contributed by atoms with Crippen LogP contribution in [0.25, 0.3) is 0 Å². The summed E-state index contributed by atoms with van der Waals surface area (Å²) in [4.78, 5) is 29.6. The van der Waals surface area contributed by atoms with E-state index >= 15 is 0 Å². The van der Waals surface area contributed by atoms with E-state index in [2.05, 4.69) is 0 Å². The minimum atomic E-state index is -0.648. The van der Waals surface area contributed by atoms with Crippen LogP contribution in [-0.4, -0.2) is 40.2 Å². The summed E-state index contributed by atoms with van der Waals surface area (Å²) in [5.74, 6) is -0.380.